The molecule has 74 valence electrons. The second kappa shape index (κ2) is 2.97. The second-order valence-electron chi connectivity index (χ2n) is 3.48. The Labute approximate surface area is 90.9 Å². The lowest BCUT2D eigenvalue weighted by atomic mass is 10.2. The van der Waals surface area contributed by atoms with E-state index in [-0.39, 0.29) is 0 Å². The molecular formula is C10H8N4S. The number of aromatic nitrogens is 3. The van der Waals surface area contributed by atoms with E-state index in [0.717, 1.165) is 22.9 Å². The number of hydrogen-bond donors (Lipinski definition) is 0. The van der Waals surface area contributed by atoms with Gasteiger partial charge in [0.2, 0.25) is 0 Å². The molecule has 0 amide bonds. The molecule has 15 heavy (non-hydrogen) atoms. The van der Waals surface area contributed by atoms with Crippen molar-refractivity contribution >= 4 is 17.4 Å². The molecule has 3 heterocycles. The van der Waals surface area contributed by atoms with Gasteiger partial charge in [-0.15, -0.1) is 11.8 Å². The minimum Gasteiger partial charge on any atom is -0.232 e. The minimum absolute atomic E-state index is 0.549. The number of nitrogens with zero attached hydrogens (tertiary/aromatic N) is 4. The van der Waals surface area contributed by atoms with E-state index in [1.165, 1.54) is 5.56 Å². The van der Waals surface area contributed by atoms with Gasteiger partial charge in [0.25, 0.3) is 0 Å². The summed E-state index contributed by atoms with van der Waals surface area (Å²) in [4.78, 5) is 4.44. The molecule has 2 aromatic heterocycles. The Morgan fingerprint density at radius 2 is 2.47 bits per heavy atom. The van der Waals surface area contributed by atoms with Crippen LogP contribution in [0.5, 0.6) is 0 Å². The van der Waals surface area contributed by atoms with Crippen LogP contribution in [0.3, 0.4) is 0 Å². The van der Waals surface area contributed by atoms with Crippen molar-refractivity contribution in [1.29, 1.82) is 5.26 Å². The fourth-order valence-corrected chi connectivity index (χ4v) is 3.05. The standard InChI is InChI=1S/C10H8N4S/c1-6-8-2-3-15-10(8)14-9(13-6)7(4-11)5-12-14/h5H,2-3H2,1H3. The summed E-state index contributed by atoms with van der Waals surface area (Å²) in [6, 6.07) is 2.11. The maximum atomic E-state index is 8.91. The van der Waals surface area contributed by atoms with Gasteiger partial charge in [-0.1, -0.05) is 0 Å². The number of nitriles is 1. The van der Waals surface area contributed by atoms with Gasteiger partial charge in [-0.05, 0) is 13.3 Å². The molecule has 4 nitrogen and oxygen atoms in total. The number of hydrogen-bond acceptors (Lipinski definition) is 4. The first kappa shape index (κ1) is 8.74. The molecule has 0 radical (unpaired) electrons. The van der Waals surface area contributed by atoms with Crippen molar-refractivity contribution in [3.8, 4) is 6.07 Å². The highest BCUT2D eigenvalue weighted by Gasteiger charge is 2.20. The average molecular weight is 216 g/mol. The molecule has 0 N–H and O–H groups in total. The molecule has 0 unspecified atom stereocenters. The molecular weight excluding hydrogens is 208 g/mol. The first-order chi connectivity index (χ1) is 7.31. The molecule has 2 aromatic rings. The van der Waals surface area contributed by atoms with Crippen molar-refractivity contribution in [2.24, 2.45) is 0 Å². The van der Waals surface area contributed by atoms with Crippen LogP contribution in [0.25, 0.3) is 5.65 Å². The van der Waals surface area contributed by atoms with E-state index in [4.69, 9.17) is 5.26 Å². The van der Waals surface area contributed by atoms with Gasteiger partial charge in [0.05, 0.1) is 6.20 Å². The first-order valence-electron chi connectivity index (χ1n) is 4.71. The van der Waals surface area contributed by atoms with E-state index in [9.17, 15) is 0 Å². The van der Waals surface area contributed by atoms with Crippen LogP contribution in [0.15, 0.2) is 11.2 Å². The van der Waals surface area contributed by atoms with Gasteiger partial charge in [0.15, 0.2) is 5.65 Å². The highest BCUT2D eigenvalue weighted by Crippen LogP contribution is 2.33. The third kappa shape index (κ3) is 1.08. The fourth-order valence-electron chi connectivity index (χ4n) is 1.87. The van der Waals surface area contributed by atoms with Gasteiger partial charge in [-0.3, -0.25) is 0 Å². The van der Waals surface area contributed by atoms with Gasteiger partial charge in [-0.25, -0.2) is 9.50 Å². The lowest BCUT2D eigenvalue weighted by Gasteiger charge is -2.04. The largest absolute Gasteiger partial charge is 0.232 e. The van der Waals surface area contributed by atoms with Crippen LogP contribution in [0, 0.1) is 18.3 Å². The number of thioether (sulfide) groups is 1. The van der Waals surface area contributed by atoms with E-state index >= 15 is 0 Å². The molecule has 0 atom stereocenters. The van der Waals surface area contributed by atoms with E-state index in [0.29, 0.717) is 11.2 Å². The number of fused-ring (bicyclic) bond motifs is 3. The van der Waals surface area contributed by atoms with Crippen molar-refractivity contribution in [1.82, 2.24) is 14.6 Å². The molecule has 1 aliphatic rings. The maximum Gasteiger partial charge on any atom is 0.174 e. The Kier molecular flexibility index (Phi) is 1.73. The van der Waals surface area contributed by atoms with Crippen molar-refractivity contribution in [2.75, 3.05) is 5.75 Å². The Balaban J connectivity index is 2.46. The highest BCUT2D eigenvalue weighted by molar-refractivity contribution is 7.99. The van der Waals surface area contributed by atoms with Gasteiger partial charge < -0.3 is 0 Å². The van der Waals surface area contributed by atoms with Gasteiger partial charge in [0.1, 0.15) is 16.7 Å². The molecule has 0 bridgehead atoms. The maximum absolute atomic E-state index is 8.91. The summed E-state index contributed by atoms with van der Waals surface area (Å²) in [5.74, 6) is 1.08. The lowest BCUT2D eigenvalue weighted by Crippen LogP contribution is -2.00. The van der Waals surface area contributed by atoms with Gasteiger partial charge in [0, 0.05) is 17.0 Å². The molecule has 0 saturated carbocycles. The molecule has 0 aromatic carbocycles. The van der Waals surface area contributed by atoms with Crippen LogP contribution >= 0.6 is 11.8 Å². The molecule has 0 fully saturated rings. The van der Waals surface area contributed by atoms with Crippen molar-refractivity contribution < 1.29 is 0 Å². The molecule has 1 aliphatic heterocycles. The SMILES string of the molecule is Cc1nc2c(C#N)cnn2c2c1CCS2. The minimum atomic E-state index is 0.549. The third-order valence-corrected chi connectivity index (χ3v) is 3.72. The van der Waals surface area contributed by atoms with E-state index in [2.05, 4.69) is 16.2 Å². The summed E-state index contributed by atoms with van der Waals surface area (Å²) in [7, 11) is 0. The predicted molar refractivity (Wildman–Crippen MR) is 56.9 cm³/mol. The summed E-state index contributed by atoms with van der Waals surface area (Å²) in [6.07, 6.45) is 2.64. The Morgan fingerprint density at radius 1 is 1.60 bits per heavy atom. The van der Waals surface area contributed by atoms with E-state index < -0.39 is 0 Å². The van der Waals surface area contributed by atoms with Crippen molar-refractivity contribution in [2.45, 2.75) is 18.4 Å². The summed E-state index contributed by atoms with van der Waals surface area (Å²) in [5.41, 5.74) is 3.54. The topological polar surface area (TPSA) is 54.0 Å². The van der Waals surface area contributed by atoms with Crippen LogP contribution < -0.4 is 0 Å². The van der Waals surface area contributed by atoms with Crippen LogP contribution in [0.1, 0.15) is 16.8 Å². The van der Waals surface area contributed by atoms with E-state index in [1.807, 2.05) is 6.92 Å². The smallest absolute Gasteiger partial charge is 0.174 e. The zero-order valence-corrected chi connectivity index (χ0v) is 9.01. The summed E-state index contributed by atoms with van der Waals surface area (Å²) >= 11 is 1.79. The fraction of sp³-hybridized carbons (Fsp3) is 0.300. The summed E-state index contributed by atoms with van der Waals surface area (Å²) < 4.78 is 1.79. The van der Waals surface area contributed by atoms with Crippen LogP contribution in [0.2, 0.25) is 0 Å². The molecule has 0 spiro atoms. The Bertz CT molecular complexity index is 593. The zero-order chi connectivity index (χ0) is 10.4. The highest BCUT2D eigenvalue weighted by atomic mass is 32.2. The number of rotatable bonds is 0. The predicted octanol–water partition coefficient (Wildman–Crippen LogP) is 1.56. The first-order valence-corrected chi connectivity index (χ1v) is 5.70. The molecule has 5 heteroatoms. The average Bonchev–Trinajstić information content (AvgIpc) is 2.81. The van der Waals surface area contributed by atoms with Crippen LogP contribution in [-0.2, 0) is 6.42 Å². The van der Waals surface area contributed by atoms with Crippen molar-refractivity contribution in [3.63, 3.8) is 0 Å². The monoisotopic (exact) mass is 216 g/mol. The van der Waals surface area contributed by atoms with Crippen molar-refractivity contribution in [3.05, 3.63) is 23.0 Å². The number of aryl methyl sites for hydroxylation is 1. The van der Waals surface area contributed by atoms with Gasteiger partial charge in [-0.2, -0.15) is 10.4 Å². The van der Waals surface area contributed by atoms with Gasteiger partial charge >= 0.3 is 0 Å². The summed E-state index contributed by atoms with van der Waals surface area (Å²) in [6.45, 7) is 2.00. The molecule has 0 saturated heterocycles. The third-order valence-electron chi connectivity index (χ3n) is 2.62. The van der Waals surface area contributed by atoms with Crippen LogP contribution in [-0.4, -0.2) is 20.4 Å². The Hall–Kier alpha value is -1.54. The molecule has 3 rings (SSSR count). The van der Waals surface area contributed by atoms with E-state index in [1.54, 1.807) is 22.5 Å². The Morgan fingerprint density at radius 3 is 3.27 bits per heavy atom. The normalized spacial score (nSPS) is 14.1. The quantitative estimate of drug-likeness (QED) is 0.627. The lowest BCUT2D eigenvalue weighted by molar-refractivity contribution is 0.813. The molecule has 0 aliphatic carbocycles. The summed E-state index contributed by atoms with van der Waals surface area (Å²) in [5, 5.41) is 14.3. The van der Waals surface area contributed by atoms with Crippen LogP contribution in [0.4, 0.5) is 0 Å². The second-order valence-corrected chi connectivity index (χ2v) is 4.57. The zero-order valence-electron chi connectivity index (χ0n) is 8.19.